The number of amides is 1. The van der Waals surface area contributed by atoms with E-state index in [1.54, 1.807) is 0 Å². The van der Waals surface area contributed by atoms with Gasteiger partial charge in [0.2, 0.25) is 0 Å². The largest absolute Gasteiger partial charge is 0.528 e. The van der Waals surface area contributed by atoms with Gasteiger partial charge < -0.3 is 23.8 Å². The Balaban J connectivity index is 1.89. The topological polar surface area (TPSA) is 57.2 Å². The summed E-state index contributed by atoms with van der Waals surface area (Å²) in [6.45, 7) is 4.07. The Bertz CT molecular complexity index is 470. The molecule has 1 fully saturated rings. The minimum atomic E-state index is -0.557. The third-order valence-electron chi connectivity index (χ3n) is 3.07. The summed E-state index contributed by atoms with van der Waals surface area (Å²) >= 11 is 0. The van der Waals surface area contributed by atoms with E-state index in [-0.39, 0.29) is 6.10 Å². The zero-order valence-electron chi connectivity index (χ0n) is 12.0. The molecule has 21 heavy (non-hydrogen) atoms. The molecule has 0 saturated carbocycles. The Hall–Kier alpha value is -1.89. The van der Waals surface area contributed by atoms with E-state index in [0.717, 1.165) is 0 Å². The number of hydrogen-bond acceptors (Lipinski definition) is 5. The third kappa shape index (κ3) is 4.29. The first-order valence-corrected chi connectivity index (χ1v) is 6.86. The predicted octanol–water partition coefficient (Wildman–Crippen LogP) is 1.38. The lowest BCUT2D eigenvalue weighted by Gasteiger charge is -2.32. The second-order valence-electron chi connectivity index (χ2n) is 4.51. The molecule has 1 amide bonds. The molecule has 112 valence electrons. The molecule has 1 aliphatic rings. The van der Waals surface area contributed by atoms with Crippen LogP contribution in [0.2, 0.25) is 0 Å². The van der Waals surface area contributed by atoms with Crippen molar-refractivity contribution in [3.63, 3.8) is 0 Å². The number of para-hydroxylation sites is 2. The lowest BCUT2D eigenvalue weighted by atomic mass is 10.3. The maximum Gasteiger partial charge on any atom is 0.391 e. The van der Waals surface area contributed by atoms with Gasteiger partial charge in [0.25, 0.3) is 0 Å². The Kier molecular flexibility index (Phi) is 5.74. The smallest absolute Gasteiger partial charge is 0.391 e. The van der Waals surface area contributed by atoms with Crippen LogP contribution in [0.15, 0.2) is 24.3 Å². The second kappa shape index (κ2) is 7.78. The molecule has 1 unspecified atom stereocenters. The van der Waals surface area contributed by atoms with Crippen LogP contribution in [0.4, 0.5) is 4.79 Å². The molecule has 6 nitrogen and oxygen atoms in total. The molecular formula is C14H18BNO5. The van der Waals surface area contributed by atoms with Crippen molar-refractivity contribution in [1.29, 1.82) is 0 Å². The van der Waals surface area contributed by atoms with E-state index in [1.807, 2.05) is 31.2 Å². The molecule has 0 spiro atoms. The number of carbonyl (C=O) groups excluding carboxylic acids is 1. The van der Waals surface area contributed by atoms with Gasteiger partial charge in [0, 0.05) is 6.54 Å². The van der Waals surface area contributed by atoms with E-state index in [2.05, 4.69) is 4.65 Å². The van der Waals surface area contributed by atoms with E-state index < -0.39 is 6.09 Å². The van der Waals surface area contributed by atoms with Gasteiger partial charge in [0.05, 0.1) is 19.8 Å². The summed E-state index contributed by atoms with van der Waals surface area (Å²) in [5, 5.41) is 0. The van der Waals surface area contributed by atoms with E-state index in [0.29, 0.717) is 44.4 Å². The lowest BCUT2D eigenvalue weighted by molar-refractivity contribution is -0.0402. The van der Waals surface area contributed by atoms with Gasteiger partial charge in [-0.25, -0.2) is 4.79 Å². The highest BCUT2D eigenvalue weighted by Gasteiger charge is 2.25. The van der Waals surface area contributed by atoms with Crippen molar-refractivity contribution in [2.75, 3.05) is 32.9 Å². The minimum absolute atomic E-state index is 0.229. The van der Waals surface area contributed by atoms with Gasteiger partial charge in [-0.05, 0) is 19.1 Å². The van der Waals surface area contributed by atoms with Crippen molar-refractivity contribution in [3.8, 4) is 11.5 Å². The summed E-state index contributed by atoms with van der Waals surface area (Å²) in [5.41, 5.74) is 0. The number of rotatable bonds is 5. The third-order valence-corrected chi connectivity index (χ3v) is 3.07. The highest BCUT2D eigenvalue weighted by atomic mass is 16.6. The Morgan fingerprint density at radius 3 is 2.76 bits per heavy atom. The van der Waals surface area contributed by atoms with Crippen molar-refractivity contribution >= 4 is 14.1 Å². The van der Waals surface area contributed by atoms with E-state index >= 15 is 0 Å². The molecule has 1 aromatic rings. The van der Waals surface area contributed by atoms with Gasteiger partial charge in [-0.1, -0.05) is 12.1 Å². The fraction of sp³-hybridized carbons (Fsp3) is 0.500. The van der Waals surface area contributed by atoms with Gasteiger partial charge in [-0.2, -0.15) is 0 Å². The van der Waals surface area contributed by atoms with Crippen LogP contribution in [0, 0.1) is 0 Å². The average Bonchev–Trinajstić information content (AvgIpc) is 2.54. The maximum atomic E-state index is 11.4. The van der Waals surface area contributed by atoms with Gasteiger partial charge in [0.1, 0.15) is 12.7 Å². The van der Waals surface area contributed by atoms with Crippen LogP contribution in [0.25, 0.3) is 0 Å². The summed E-state index contributed by atoms with van der Waals surface area (Å²) in [7, 11) is 4.89. The van der Waals surface area contributed by atoms with Crippen molar-refractivity contribution in [2.24, 2.45) is 0 Å². The summed E-state index contributed by atoms with van der Waals surface area (Å²) in [6, 6.07) is 7.43. The van der Waals surface area contributed by atoms with Crippen molar-refractivity contribution in [3.05, 3.63) is 24.3 Å². The van der Waals surface area contributed by atoms with Crippen LogP contribution in [0.5, 0.6) is 11.5 Å². The summed E-state index contributed by atoms with van der Waals surface area (Å²) in [5.74, 6) is 1.34. The fourth-order valence-electron chi connectivity index (χ4n) is 2.09. The monoisotopic (exact) mass is 291 g/mol. The van der Waals surface area contributed by atoms with Crippen molar-refractivity contribution < 1.29 is 23.7 Å². The molecule has 1 atom stereocenters. The molecule has 1 heterocycles. The highest BCUT2D eigenvalue weighted by Crippen LogP contribution is 2.26. The maximum absolute atomic E-state index is 11.4. The second-order valence-corrected chi connectivity index (χ2v) is 4.51. The number of nitrogens with zero attached hydrogens (tertiary/aromatic N) is 1. The number of ether oxygens (including phenoxy) is 3. The normalized spacial score (nSPS) is 18.1. The predicted molar refractivity (Wildman–Crippen MR) is 76.7 cm³/mol. The fourth-order valence-corrected chi connectivity index (χ4v) is 2.09. The average molecular weight is 291 g/mol. The molecular weight excluding hydrogens is 273 g/mol. The number of carbonyl (C=O) groups is 1. The molecule has 1 aromatic carbocycles. The van der Waals surface area contributed by atoms with E-state index in [4.69, 9.17) is 22.3 Å². The summed E-state index contributed by atoms with van der Waals surface area (Å²) in [6.07, 6.45) is -0.787. The van der Waals surface area contributed by atoms with Crippen LogP contribution in [-0.4, -0.2) is 58.1 Å². The van der Waals surface area contributed by atoms with E-state index in [1.165, 1.54) is 4.90 Å². The van der Waals surface area contributed by atoms with E-state index in [9.17, 15) is 4.79 Å². The van der Waals surface area contributed by atoms with Gasteiger partial charge in [-0.15, -0.1) is 0 Å². The van der Waals surface area contributed by atoms with Crippen LogP contribution in [0.1, 0.15) is 6.92 Å². The first-order chi connectivity index (χ1) is 10.2. The number of morpholine rings is 1. The number of benzene rings is 1. The first-order valence-electron chi connectivity index (χ1n) is 6.86. The lowest BCUT2D eigenvalue weighted by Crippen LogP contribution is -2.47. The highest BCUT2D eigenvalue weighted by molar-refractivity contribution is 6.05. The minimum Gasteiger partial charge on any atom is -0.528 e. The molecule has 7 heteroatoms. The van der Waals surface area contributed by atoms with Gasteiger partial charge in [0.15, 0.2) is 11.5 Å². The number of hydrogen-bond donors (Lipinski definition) is 0. The summed E-state index contributed by atoms with van der Waals surface area (Å²) in [4.78, 5) is 12.9. The standard InChI is InChI=1S/C14H18BNO5/c1-2-18-12-5-3-4-6-13(12)20-10-11-9-16(7-8-19-11)14(17)21-15/h3-6,11H,2,7-10H2,1H3. The quantitative estimate of drug-likeness (QED) is 0.767. The van der Waals surface area contributed by atoms with Gasteiger partial charge >= 0.3 is 14.1 Å². The molecule has 0 aromatic heterocycles. The van der Waals surface area contributed by atoms with Crippen LogP contribution < -0.4 is 9.47 Å². The zero-order chi connectivity index (χ0) is 15.1. The molecule has 1 aliphatic heterocycles. The summed E-state index contributed by atoms with van der Waals surface area (Å²) < 4.78 is 21.0. The van der Waals surface area contributed by atoms with Crippen LogP contribution >= 0.6 is 0 Å². The molecule has 0 N–H and O–H groups in total. The van der Waals surface area contributed by atoms with Crippen LogP contribution in [-0.2, 0) is 9.39 Å². The first kappa shape index (κ1) is 15.5. The molecule has 2 rings (SSSR count). The van der Waals surface area contributed by atoms with Gasteiger partial charge in [-0.3, -0.25) is 0 Å². The Morgan fingerprint density at radius 2 is 2.10 bits per heavy atom. The van der Waals surface area contributed by atoms with Crippen LogP contribution in [0.3, 0.4) is 0 Å². The Morgan fingerprint density at radius 1 is 1.38 bits per heavy atom. The van der Waals surface area contributed by atoms with Crippen molar-refractivity contribution in [1.82, 2.24) is 4.90 Å². The molecule has 0 aliphatic carbocycles. The molecule has 0 bridgehead atoms. The van der Waals surface area contributed by atoms with Crippen molar-refractivity contribution in [2.45, 2.75) is 13.0 Å². The zero-order valence-corrected chi connectivity index (χ0v) is 12.0. The Labute approximate surface area is 125 Å². The molecule has 1 saturated heterocycles. The SMILES string of the molecule is [B]OC(=O)N1CCOC(COc2ccccc2OCC)C1. The molecule has 2 radical (unpaired) electrons.